The Balaban J connectivity index is 2.24. The molecule has 2 aromatic heterocycles. The van der Waals surface area contributed by atoms with Gasteiger partial charge in [0.05, 0.1) is 0 Å². The molecule has 1 aliphatic carbocycles. The van der Waals surface area contributed by atoms with Crippen LogP contribution in [0.4, 0.5) is 0 Å². The minimum Gasteiger partial charge on any atom is -0.478 e. The van der Waals surface area contributed by atoms with Gasteiger partial charge < -0.3 is 5.11 Å². The fraction of sp³-hybridized carbons (Fsp3) is 0.308. The molecule has 18 heavy (non-hydrogen) atoms. The summed E-state index contributed by atoms with van der Waals surface area (Å²) in [5.41, 5.74) is 2.33. The van der Waals surface area contributed by atoms with Gasteiger partial charge in [-0.3, -0.25) is 4.57 Å². The summed E-state index contributed by atoms with van der Waals surface area (Å²) < 4.78 is 1.72. The lowest BCUT2D eigenvalue weighted by Gasteiger charge is -2.10. The number of aromatic carboxylic acids is 1. The van der Waals surface area contributed by atoms with Crippen molar-refractivity contribution in [3.8, 4) is 5.82 Å². The summed E-state index contributed by atoms with van der Waals surface area (Å²) in [5.74, 6) is 0.265. The summed E-state index contributed by atoms with van der Waals surface area (Å²) in [4.78, 5) is 20.0. The Bertz CT molecular complexity index is 631. The molecule has 5 heteroatoms. The van der Waals surface area contributed by atoms with Crippen molar-refractivity contribution in [1.29, 1.82) is 0 Å². The first kappa shape index (κ1) is 11.0. The van der Waals surface area contributed by atoms with Gasteiger partial charge in [-0.25, -0.2) is 14.8 Å². The molecule has 1 aliphatic rings. The Morgan fingerprint density at radius 2 is 2.28 bits per heavy atom. The first-order valence-corrected chi connectivity index (χ1v) is 5.93. The highest BCUT2D eigenvalue weighted by molar-refractivity contribution is 5.91. The first-order chi connectivity index (χ1) is 8.66. The van der Waals surface area contributed by atoms with Crippen molar-refractivity contribution in [2.45, 2.75) is 26.2 Å². The number of carbonyl (C=O) groups is 1. The maximum atomic E-state index is 11.4. The third-order valence-electron chi connectivity index (χ3n) is 3.32. The quantitative estimate of drug-likeness (QED) is 0.872. The zero-order valence-corrected chi connectivity index (χ0v) is 10.1. The number of aryl methyl sites for hydroxylation is 3. The molecular weight excluding hydrogens is 230 g/mol. The summed E-state index contributed by atoms with van der Waals surface area (Å²) in [7, 11) is 0. The highest BCUT2D eigenvalue weighted by Crippen LogP contribution is 2.25. The van der Waals surface area contributed by atoms with E-state index in [1.807, 2.05) is 6.92 Å². The van der Waals surface area contributed by atoms with Crippen LogP contribution in [0.2, 0.25) is 0 Å². The van der Waals surface area contributed by atoms with Gasteiger partial charge in [0.15, 0.2) is 5.82 Å². The average Bonchev–Trinajstić information content (AvgIpc) is 2.94. The molecule has 0 aliphatic heterocycles. The van der Waals surface area contributed by atoms with Gasteiger partial charge in [-0.2, -0.15) is 0 Å². The van der Waals surface area contributed by atoms with E-state index in [9.17, 15) is 9.90 Å². The molecule has 92 valence electrons. The monoisotopic (exact) mass is 243 g/mol. The number of rotatable bonds is 2. The van der Waals surface area contributed by atoms with Crippen LogP contribution in [0.15, 0.2) is 18.5 Å². The van der Waals surface area contributed by atoms with Crippen LogP contribution < -0.4 is 0 Å². The Morgan fingerprint density at radius 1 is 1.44 bits per heavy atom. The van der Waals surface area contributed by atoms with E-state index >= 15 is 0 Å². The molecule has 2 heterocycles. The predicted molar refractivity (Wildman–Crippen MR) is 65.1 cm³/mol. The van der Waals surface area contributed by atoms with E-state index < -0.39 is 5.97 Å². The summed E-state index contributed by atoms with van der Waals surface area (Å²) in [6, 6.07) is 1.76. The molecular formula is C13H13N3O2. The van der Waals surface area contributed by atoms with Gasteiger partial charge in [0.25, 0.3) is 0 Å². The van der Waals surface area contributed by atoms with Gasteiger partial charge in [-0.1, -0.05) is 0 Å². The van der Waals surface area contributed by atoms with Crippen LogP contribution in [0.1, 0.15) is 33.9 Å². The molecule has 1 N–H and O–H groups in total. The number of hydrogen-bond acceptors (Lipinski definition) is 3. The number of imidazole rings is 1. The van der Waals surface area contributed by atoms with E-state index in [0.29, 0.717) is 5.82 Å². The molecule has 0 saturated heterocycles. The third-order valence-corrected chi connectivity index (χ3v) is 3.32. The largest absolute Gasteiger partial charge is 0.478 e. The smallest absolute Gasteiger partial charge is 0.339 e. The predicted octanol–water partition coefficient (Wildman–Crippen LogP) is 1.76. The topological polar surface area (TPSA) is 68.0 Å². The van der Waals surface area contributed by atoms with Gasteiger partial charge in [-0.15, -0.1) is 0 Å². The van der Waals surface area contributed by atoms with E-state index in [-0.39, 0.29) is 5.56 Å². The second-order valence-corrected chi connectivity index (χ2v) is 4.47. The highest BCUT2D eigenvalue weighted by Gasteiger charge is 2.21. The van der Waals surface area contributed by atoms with E-state index in [0.717, 1.165) is 36.3 Å². The van der Waals surface area contributed by atoms with Crippen molar-refractivity contribution in [1.82, 2.24) is 14.5 Å². The fourth-order valence-corrected chi connectivity index (χ4v) is 2.40. The molecule has 0 unspecified atom stereocenters. The molecule has 0 saturated carbocycles. The van der Waals surface area contributed by atoms with Crippen LogP contribution in [0, 0.1) is 6.92 Å². The van der Waals surface area contributed by atoms with Crippen molar-refractivity contribution >= 4 is 5.97 Å². The maximum absolute atomic E-state index is 11.4. The van der Waals surface area contributed by atoms with Crippen molar-refractivity contribution in [3.05, 3.63) is 41.1 Å². The van der Waals surface area contributed by atoms with Gasteiger partial charge in [0.2, 0.25) is 0 Å². The van der Waals surface area contributed by atoms with Crippen LogP contribution in [-0.4, -0.2) is 25.6 Å². The molecule has 0 spiro atoms. The van der Waals surface area contributed by atoms with Crippen LogP contribution in [-0.2, 0) is 12.8 Å². The molecule has 0 aromatic carbocycles. The average molecular weight is 243 g/mol. The summed E-state index contributed by atoms with van der Waals surface area (Å²) >= 11 is 0. The van der Waals surface area contributed by atoms with E-state index in [2.05, 4.69) is 9.97 Å². The highest BCUT2D eigenvalue weighted by atomic mass is 16.4. The van der Waals surface area contributed by atoms with Crippen molar-refractivity contribution < 1.29 is 9.90 Å². The lowest BCUT2D eigenvalue weighted by Crippen LogP contribution is -2.10. The van der Waals surface area contributed by atoms with Crippen LogP contribution >= 0.6 is 0 Å². The lowest BCUT2D eigenvalue weighted by atomic mass is 10.1. The minimum atomic E-state index is -0.944. The summed E-state index contributed by atoms with van der Waals surface area (Å²) in [5, 5.41) is 9.31. The number of fused-ring (bicyclic) bond motifs is 1. The van der Waals surface area contributed by atoms with Crippen molar-refractivity contribution in [2.75, 3.05) is 0 Å². The number of pyridine rings is 1. The van der Waals surface area contributed by atoms with E-state index in [4.69, 9.17) is 0 Å². The second-order valence-electron chi connectivity index (χ2n) is 4.47. The summed E-state index contributed by atoms with van der Waals surface area (Å²) in [6.07, 6.45) is 6.29. The Labute approximate surface area is 104 Å². The number of carboxylic acids is 1. The molecule has 3 rings (SSSR count). The number of aromatic nitrogens is 3. The zero-order valence-electron chi connectivity index (χ0n) is 10.1. The minimum absolute atomic E-state index is 0.247. The molecule has 5 nitrogen and oxygen atoms in total. The number of hydrogen-bond donors (Lipinski definition) is 1. The SMILES string of the molecule is Cc1nccn1-c1nc2c(cc1C(=O)O)CCC2. The Kier molecular flexibility index (Phi) is 2.40. The zero-order chi connectivity index (χ0) is 12.7. The van der Waals surface area contributed by atoms with Crippen LogP contribution in [0.3, 0.4) is 0 Å². The fourth-order valence-electron chi connectivity index (χ4n) is 2.40. The number of nitrogens with zero attached hydrogens (tertiary/aromatic N) is 3. The molecule has 0 atom stereocenters. The van der Waals surface area contributed by atoms with Gasteiger partial charge in [0.1, 0.15) is 11.4 Å². The molecule has 0 amide bonds. The standard InChI is InChI=1S/C13H13N3O2/c1-8-14-5-6-16(8)12-10(13(17)18)7-9-3-2-4-11(9)15-12/h5-7H,2-4H2,1H3,(H,17,18). The molecule has 0 radical (unpaired) electrons. The van der Waals surface area contributed by atoms with Gasteiger partial charge >= 0.3 is 5.97 Å². The van der Waals surface area contributed by atoms with Crippen molar-refractivity contribution in [2.24, 2.45) is 0 Å². The van der Waals surface area contributed by atoms with Crippen LogP contribution in [0.5, 0.6) is 0 Å². The normalized spacial score (nSPS) is 13.6. The molecule has 0 bridgehead atoms. The maximum Gasteiger partial charge on any atom is 0.339 e. The van der Waals surface area contributed by atoms with Crippen molar-refractivity contribution in [3.63, 3.8) is 0 Å². The van der Waals surface area contributed by atoms with Crippen LogP contribution in [0.25, 0.3) is 5.82 Å². The Hall–Kier alpha value is -2.17. The van der Waals surface area contributed by atoms with Gasteiger partial charge in [-0.05, 0) is 37.8 Å². The van der Waals surface area contributed by atoms with Gasteiger partial charge in [0, 0.05) is 18.1 Å². The number of carboxylic acid groups (broad SMARTS) is 1. The first-order valence-electron chi connectivity index (χ1n) is 5.93. The van der Waals surface area contributed by atoms with E-state index in [1.165, 1.54) is 0 Å². The molecule has 2 aromatic rings. The molecule has 0 fully saturated rings. The van der Waals surface area contributed by atoms with E-state index in [1.54, 1.807) is 23.0 Å². The lowest BCUT2D eigenvalue weighted by molar-refractivity contribution is 0.0696. The summed E-state index contributed by atoms with van der Waals surface area (Å²) in [6.45, 7) is 1.83. The third kappa shape index (κ3) is 1.59. The second kappa shape index (κ2) is 3.94. The Morgan fingerprint density at radius 3 is 2.94 bits per heavy atom.